The maximum absolute atomic E-state index is 16.2. The lowest BCUT2D eigenvalue weighted by molar-refractivity contribution is -0.153. The molecule has 1 aliphatic rings. The molecule has 5 nitrogen and oxygen atoms in total. The van der Waals surface area contributed by atoms with Gasteiger partial charge in [0.05, 0.1) is 12.1 Å². The Morgan fingerprint density at radius 3 is 1.26 bits per heavy atom. The zero-order valence-corrected chi connectivity index (χ0v) is 30.7. The van der Waals surface area contributed by atoms with E-state index in [-0.39, 0.29) is 5.91 Å². The molecule has 0 bridgehead atoms. The normalized spacial score (nSPS) is 17.8. The second-order valence-corrected chi connectivity index (χ2v) is 18.3. The summed E-state index contributed by atoms with van der Waals surface area (Å²) in [7, 11) is -7.47. The van der Waals surface area contributed by atoms with Crippen LogP contribution in [0.1, 0.15) is 28.8 Å². The number of hydrogen-bond donors (Lipinski definition) is 1. The highest BCUT2D eigenvalue weighted by atomic mass is 31.2. The van der Waals surface area contributed by atoms with Gasteiger partial charge in [-0.2, -0.15) is 0 Å². The van der Waals surface area contributed by atoms with Crippen LogP contribution in [0.3, 0.4) is 0 Å². The Bertz CT molecular complexity index is 2270. The molecule has 0 aromatic heterocycles. The van der Waals surface area contributed by atoms with E-state index in [1.165, 1.54) is 0 Å². The molecule has 0 spiro atoms. The highest BCUT2D eigenvalue weighted by Gasteiger charge is 2.70. The number of nitrogens with zero attached hydrogens (tertiary/aromatic N) is 1. The Balaban J connectivity index is 1.44. The van der Waals surface area contributed by atoms with E-state index in [1.54, 1.807) is 4.67 Å². The molecule has 3 atom stereocenters. The number of carbonyl (C=O) groups is 1. The zero-order chi connectivity index (χ0) is 36.3. The van der Waals surface area contributed by atoms with E-state index in [2.05, 4.69) is 5.09 Å². The monoisotopic (exact) mass is 728 g/mol. The highest BCUT2D eigenvalue weighted by molar-refractivity contribution is 7.77. The van der Waals surface area contributed by atoms with Crippen LogP contribution in [0.15, 0.2) is 212 Å². The Labute approximate surface area is 310 Å². The van der Waals surface area contributed by atoms with Gasteiger partial charge < -0.3 is 0 Å². The summed E-state index contributed by atoms with van der Waals surface area (Å²) in [5.41, 5.74) is 0.936. The summed E-state index contributed by atoms with van der Waals surface area (Å²) in [6.45, 7) is 0. The summed E-state index contributed by atoms with van der Waals surface area (Å²) in [6.07, 6.45) is 0. The summed E-state index contributed by atoms with van der Waals surface area (Å²) in [6, 6.07) is 65.2. The number of nitrogens with one attached hydrogen (secondary N) is 1. The maximum Gasteiger partial charge on any atom is 0.244 e. The number of rotatable bonds is 11. The molecule has 0 saturated carbocycles. The minimum absolute atomic E-state index is 0.317. The van der Waals surface area contributed by atoms with Gasteiger partial charge in [-0.25, -0.2) is 0 Å². The van der Waals surface area contributed by atoms with E-state index in [4.69, 9.17) is 0 Å². The predicted octanol–water partition coefficient (Wildman–Crippen LogP) is 8.70. The molecule has 7 aromatic rings. The van der Waals surface area contributed by atoms with Gasteiger partial charge in [0.25, 0.3) is 0 Å². The lowest BCUT2D eigenvalue weighted by Crippen LogP contribution is -2.70. The summed E-state index contributed by atoms with van der Waals surface area (Å²) in [5, 5.41) is 6.08. The van der Waals surface area contributed by atoms with E-state index in [1.807, 2.05) is 212 Å². The number of β-lactam (4-membered cyclic amide) rings is 1. The first kappa shape index (κ1) is 34.5. The summed E-state index contributed by atoms with van der Waals surface area (Å²) in [5.74, 6) is -0.317. The third kappa shape index (κ3) is 5.83. The lowest BCUT2D eigenvalue weighted by Gasteiger charge is -2.61. The van der Waals surface area contributed by atoms with Gasteiger partial charge in [0, 0.05) is 21.2 Å². The van der Waals surface area contributed by atoms with Crippen molar-refractivity contribution in [3.63, 3.8) is 0 Å². The first-order valence-corrected chi connectivity index (χ1v) is 21.1. The molecular formula is C46H38N2O3P2. The van der Waals surface area contributed by atoms with Crippen LogP contribution in [-0.4, -0.2) is 10.6 Å². The Morgan fingerprint density at radius 2 is 0.830 bits per heavy atom. The number of carbonyl (C=O) groups excluding carboxylic acids is 1. The van der Waals surface area contributed by atoms with Crippen LogP contribution in [0, 0.1) is 0 Å². The molecule has 1 amide bonds. The van der Waals surface area contributed by atoms with Gasteiger partial charge in [-0.1, -0.05) is 164 Å². The molecule has 0 aliphatic carbocycles. The van der Waals surface area contributed by atoms with Gasteiger partial charge in [-0.3, -0.25) is 23.7 Å². The van der Waals surface area contributed by atoms with Gasteiger partial charge in [0.1, 0.15) is 5.41 Å². The second-order valence-electron chi connectivity index (χ2n) is 13.2. The van der Waals surface area contributed by atoms with Crippen LogP contribution in [-0.2, 0) is 19.3 Å². The van der Waals surface area contributed by atoms with Gasteiger partial charge in [0.2, 0.25) is 20.5 Å². The van der Waals surface area contributed by atoms with Gasteiger partial charge in [-0.05, 0) is 65.2 Å². The molecule has 53 heavy (non-hydrogen) atoms. The van der Waals surface area contributed by atoms with Crippen molar-refractivity contribution in [3.05, 3.63) is 229 Å². The predicted molar refractivity (Wildman–Crippen MR) is 216 cm³/mol. The van der Waals surface area contributed by atoms with Crippen LogP contribution >= 0.6 is 14.6 Å². The van der Waals surface area contributed by atoms with Crippen LogP contribution in [0.2, 0.25) is 0 Å². The summed E-state index contributed by atoms with van der Waals surface area (Å²) >= 11 is 0. The molecule has 0 radical (unpaired) electrons. The van der Waals surface area contributed by atoms with Crippen molar-refractivity contribution in [1.29, 1.82) is 0 Å². The molecule has 1 N–H and O–H groups in total. The lowest BCUT2D eigenvalue weighted by atomic mass is 9.59. The smallest absolute Gasteiger partial charge is 0.244 e. The standard InChI is InChI=1S/C46H38N2O3P2/c49-45-46(38-26-12-3-13-27-38,43(36-22-8-1-9-23-36)47-52(50,39-28-14-4-15-29-39)40-30-16-5-17-31-40)44(37-24-10-2-11-25-37)48(45)53(51,41-32-18-6-19-33-41)42-34-20-7-21-35-42/h1-35,43-44H,(H,47,50)/t43?,44-,46+/m0/s1. The SMILES string of the molecule is O=C1N(P(=O)(c2ccccc2)c2ccccc2)[C@@H](c2ccccc2)[C@@]1(c1ccccc1)C(NP(=O)(c1ccccc1)c1ccccc1)c1ccccc1. The van der Waals surface area contributed by atoms with Crippen molar-refractivity contribution in [1.82, 2.24) is 9.76 Å². The average Bonchev–Trinajstić information content (AvgIpc) is 3.24. The Kier molecular flexibility index (Phi) is 9.41. The quantitative estimate of drug-likeness (QED) is 0.107. The van der Waals surface area contributed by atoms with Gasteiger partial charge >= 0.3 is 0 Å². The van der Waals surface area contributed by atoms with Crippen molar-refractivity contribution >= 4 is 41.7 Å². The van der Waals surface area contributed by atoms with E-state index in [0.717, 1.165) is 16.7 Å². The van der Waals surface area contributed by atoms with E-state index < -0.39 is 32.1 Å². The van der Waals surface area contributed by atoms with Crippen molar-refractivity contribution in [3.8, 4) is 0 Å². The fourth-order valence-electron chi connectivity index (χ4n) is 7.82. The third-order valence-corrected chi connectivity index (χ3v) is 15.9. The highest BCUT2D eigenvalue weighted by Crippen LogP contribution is 2.69. The topological polar surface area (TPSA) is 66.5 Å². The fraction of sp³-hybridized carbons (Fsp3) is 0.0652. The average molecular weight is 729 g/mol. The minimum Gasteiger partial charge on any atom is -0.297 e. The number of benzene rings is 7. The van der Waals surface area contributed by atoms with E-state index in [9.17, 15) is 0 Å². The molecular weight excluding hydrogens is 690 g/mol. The molecule has 1 aliphatic heterocycles. The molecule has 1 heterocycles. The Hall–Kier alpha value is -5.57. The van der Waals surface area contributed by atoms with Crippen LogP contribution in [0.5, 0.6) is 0 Å². The molecule has 7 heteroatoms. The van der Waals surface area contributed by atoms with Gasteiger partial charge in [-0.15, -0.1) is 0 Å². The van der Waals surface area contributed by atoms with Crippen LogP contribution < -0.4 is 26.3 Å². The van der Waals surface area contributed by atoms with Gasteiger partial charge in [0.15, 0.2) is 0 Å². The largest absolute Gasteiger partial charge is 0.297 e. The molecule has 1 saturated heterocycles. The third-order valence-electron chi connectivity index (χ3n) is 10.3. The maximum atomic E-state index is 16.2. The number of hydrogen-bond acceptors (Lipinski definition) is 3. The van der Waals surface area contributed by atoms with E-state index in [0.29, 0.717) is 21.2 Å². The molecule has 7 aromatic carbocycles. The minimum atomic E-state index is -3.82. The summed E-state index contributed by atoms with van der Waals surface area (Å²) < 4.78 is 33.9. The van der Waals surface area contributed by atoms with Crippen molar-refractivity contribution in [2.75, 3.05) is 0 Å². The van der Waals surface area contributed by atoms with E-state index >= 15 is 13.9 Å². The second kappa shape index (κ2) is 14.5. The molecule has 260 valence electrons. The van der Waals surface area contributed by atoms with Crippen LogP contribution in [0.4, 0.5) is 0 Å². The summed E-state index contributed by atoms with van der Waals surface area (Å²) in [4.78, 5) is 16.1. The molecule has 1 fully saturated rings. The first-order chi connectivity index (χ1) is 26.0. The Morgan fingerprint density at radius 1 is 0.472 bits per heavy atom. The molecule has 8 rings (SSSR count). The fourth-order valence-corrected chi connectivity index (χ4v) is 13.3. The van der Waals surface area contributed by atoms with Crippen molar-refractivity contribution < 1.29 is 13.9 Å². The van der Waals surface area contributed by atoms with Crippen molar-refractivity contribution in [2.24, 2.45) is 0 Å². The zero-order valence-electron chi connectivity index (χ0n) is 28.9. The number of amides is 1. The molecule has 1 unspecified atom stereocenters. The first-order valence-electron chi connectivity index (χ1n) is 17.7. The van der Waals surface area contributed by atoms with Crippen LogP contribution in [0.25, 0.3) is 0 Å². The van der Waals surface area contributed by atoms with Crippen molar-refractivity contribution in [2.45, 2.75) is 17.5 Å².